The predicted molar refractivity (Wildman–Crippen MR) is 69.0 cm³/mol. The summed E-state index contributed by atoms with van der Waals surface area (Å²) in [4.78, 5) is 23.0. The first kappa shape index (κ1) is 17.4. The van der Waals surface area contributed by atoms with Crippen LogP contribution < -0.4 is 5.32 Å². The van der Waals surface area contributed by atoms with Gasteiger partial charge in [0.25, 0.3) is 0 Å². The summed E-state index contributed by atoms with van der Waals surface area (Å²) in [6.07, 6.45) is -0.750. The fraction of sp³-hybridized carbons (Fsp3) is 0.800. The third-order valence-corrected chi connectivity index (χ3v) is 2.33. The van der Waals surface area contributed by atoms with Crippen LogP contribution in [0, 0.1) is 5.92 Å². The molecule has 0 saturated carbocycles. The fourth-order valence-electron chi connectivity index (χ4n) is 1.06. The molecular formula is C10H18FNO4P2. The Bertz CT molecular complexity index is 384. The molecule has 18 heavy (non-hydrogen) atoms. The Morgan fingerprint density at radius 1 is 1.33 bits per heavy atom. The van der Waals surface area contributed by atoms with E-state index in [0.717, 1.165) is 0 Å². The maximum atomic E-state index is 12.5. The van der Waals surface area contributed by atoms with Gasteiger partial charge >= 0.3 is 109 Å². The van der Waals surface area contributed by atoms with Crippen LogP contribution in [0.15, 0.2) is 0 Å². The van der Waals surface area contributed by atoms with E-state index in [1.54, 1.807) is 34.6 Å². The van der Waals surface area contributed by atoms with Gasteiger partial charge in [0, 0.05) is 0 Å². The van der Waals surface area contributed by atoms with Crippen LogP contribution in [0.2, 0.25) is 0 Å². The van der Waals surface area contributed by atoms with Crippen molar-refractivity contribution >= 4 is 28.0 Å². The van der Waals surface area contributed by atoms with Crippen LogP contribution >= 0.6 is 15.9 Å². The van der Waals surface area contributed by atoms with Gasteiger partial charge in [0.1, 0.15) is 0 Å². The molecule has 0 bridgehead atoms. The minimum absolute atomic E-state index is 0.256. The first-order valence-corrected chi connectivity index (χ1v) is 7.69. The van der Waals surface area contributed by atoms with Crippen molar-refractivity contribution < 1.29 is 23.0 Å². The van der Waals surface area contributed by atoms with Crippen molar-refractivity contribution in [2.75, 3.05) is 0 Å². The number of ether oxygens (including phenoxy) is 1. The van der Waals surface area contributed by atoms with Gasteiger partial charge in [-0.25, -0.2) is 0 Å². The molecule has 0 rings (SSSR count). The van der Waals surface area contributed by atoms with Crippen LogP contribution in [0.1, 0.15) is 34.6 Å². The molecule has 5 nitrogen and oxygen atoms in total. The Hall–Kier alpha value is -0.600. The quantitative estimate of drug-likeness (QED) is 0.807. The number of hydrogen-bond donors (Lipinski definition) is 1. The van der Waals surface area contributed by atoms with Crippen molar-refractivity contribution in [2.45, 2.75) is 46.3 Å². The molecule has 8 heteroatoms. The SMILES string of the molecule is CC(C)[C@@H](NC(=O)OC(C)(C)C)C(=O)OP(F)#P. The van der Waals surface area contributed by atoms with E-state index in [1.807, 2.05) is 0 Å². The van der Waals surface area contributed by atoms with Crippen molar-refractivity contribution in [3.05, 3.63) is 0 Å². The Morgan fingerprint density at radius 3 is 2.17 bits per heavy atom. The zero-order valence-corrected chi connectivity index (χ0v) is 12.8. The number of nitrogens with one attached hydrogen (secondary N) is 1. The Labute approximate surface area is 109 Å². The van der Waals surface area contributed by atoms with Gasteiger partial charge in [0.15, 0.2) is 0 Å². The number of hydrogen-bond acceptors (Lipinski definition) is 4. The summed E-state index contributed by atoms with van der Waals surface area (Å²) in [6.45, 7) is 8.49. The molecule has 0 aromatic carbocycles. The molecule has 1 unspecified atom stereocenters. The third kappa shape index (κ3) is 7.67. The van der Waals surface area contributed by atoms with Crippen molar-refractivity contribution in [3.63, 3.8) is 0 Å². The van der Waals surface area contributed by atoms with Crippen molar-refractivity contribution in [3.8, 4) is 0 Å². The molecule has 1 amide bonds. The molecule has 0 radical (unpaired) electrons. The molecule has 0 aromatic heterocycles. The number of alkyl carbamates (subject to hydrolysis) is 1. The summed E-state index contributed by atoms with van der Waals surface area (Å²) in [5, 5.41) is 2.35. The van der Waals surface area contributed by atoms with Crippen molar-refractivity contribution in [2.24, 2.45) is 5.92 Å². The summed E-state index contributed by atoms with van der Waals surface area (Å²) in [6, 6.07) is -0.965. The van der Waals surface area contributed by atoms with Gasteiger partial charge in [-0.1, -0.05) is 0 Å². The van der Waals surface area contributed by atoms with E-state index >= 15 is 0 Å². The number of halogens is 1. The number of rotatable bonds is 3. The molecule has 0 aromatic rings. The second-order valence-corrected chi connectivity index (χ2v) is 6.58. The average Bonchev–Trinajstić information content (AvgIpc) is 2.09. The Morgan fingerprint density at radius 2 is 1.83 bits per heavy atom. The van der Waals surface area contributed by atoms with Crippen LogP contribution in [0.4, 0.5) is 8.99 Å². The van der Waals surface area contributed by atoms with Gasteiger partial charge in [-0.15, -0.1) is 0 Å². The summed E-state index contributed by atoms with van der Waals surface area (Å²) < 4.78 is 21.9. The summed E-state index contributed by atoms with van der Waals surface area (Å²) >= 11 is 0. The molecule has 0 aliphatic carbocycles. The van der Waals surface area contributed by atoms with E-state index in [9.17, 15) is 13.8 Å². The van der Waals surface area contributed by atoms with E-state index in [2.05, 4.69) is 18.2 Å². The van der Waals surface area contributed by atoms with E-state index in [0.29, 0.717) is 0 Å². The average molecular weight is 297 g/mol. The van der Waals surface area contributed by atoms with Crippen LogP contribution in [0.25, 0.3) is 0 Å². The first-order chi connectivity index (χ1) is 8.03. The minimum atomic E-state index is -2.60. The number of amides is 1. The molecule has 0 aliphatic heterocycles. The molecule has 104 valence electrons. The van der Waals surface area contributed by atoms with Crippen LogP contribution in [-0.4, -0.2) is 23.7 Å². The topological polar surface area (TPSA) is 64.6 Å². The normalized spacial score (nSPS) is 13.8. The maximum absolute atomic E-state index is 12.5. The van der Waals surface area contributed by atoms with E-state index < -0.39 is 31.3 Å². The predicted octanol–water partition coefficient (Wildman–Crippen LogP) is 3.69. The van der Waals surface area contributed by atoms with Gasteiger partial charge in [-0.05, 0) is 0 Å². The van der Waals surface area contributed by atoms with Gasteiger partial charge in [0.2, 0.25) is 0 Å². The second kappa shape index (κ2) is 7.10. The second-order valence-electron chi connectivity index (χ2n) is 5.00. The standard InChI is InChI=1S/C10H18FNO4P2/c1-6(2)7(8(13)16-18(11)17)12-9(14)15-10(3,4)5/h6-7H,1-5H3,(H,12,14)/t7-/m1/s1. The molecule has 0 aliphatic rings. The zero-order chi connectivity index (χ0) is 14.5. The van der Waals surface area contributed by atoms with E-state index in [1.165, 1.54) is 0 Å². The number of carbonyl (C=O) groups excluding carboxylic acids is 2. The van der Waals surface area contributed by atoms with Gasteiger partial charge < -0.3 is 0 Å². The van der Waals surface area contributed by atoms with E-state index in [4.69, 9.17) is 4.74 Å². The summed E-state index contributed by atoms with van der Waals surface area (Å²) in [5.41, 5.74) is -0.675. The van der Waals surface area contributed by atoms with Crippen LogP contribution in [0.3, 0.4) is 0 Å². The fourth-order valence-corrected chi connectivity index (χ4v) is 1.57. The Balaban J connectivity index is 4.61. The molecule has 0 fully saturated rings. The molecule has 0 saturated heterocycles. The van der Waals surface area contributed by atoms with Gasteiger partial charge in [-0.2, -0.15) is 0 Å². The first-order valence-electron chi connectivity index (χ1n) is 5.39. The van der Waals surface area contributed by atoms with E-state index in [-0.39, 0.29) is 5.92 Å². The van der Waals surface area contributed by atoms with Crippen molar-refractivity contribution in [1.29, 1.82) is 0 Å². The molecule has 0 heterocycles. The number of carbonyl (C=O) groups is 2. The van der Waals surface area contributed by atoms with Crippen LogP contribution in [-0.2, 0) is 14.1 Å². The summed E-state index contributed by atoms with van der Waals surface area (Å²) in [7, 11) is 0.775. The van der Waals surface area contributed by atoms with Crippen LogP contribution in [0.5, 0.6) is 0 Å². The third-order valence-electron chi connectivity index (χ3n) is 1.76. The molecular weight excluding hydrogens is 279 g/mol. The summed E-state index contributed by atoms with van der Waals surface area (Å²) in [5.74, 6) is -1.12. The van der Waals surface area contributed by atoms with Gasteiger partial charge in [0.05, 0.1) is 0 Å². The van der Waals surface area contributed by atoms with Crippen molar-refractivity contribution in [1.82, 2.24) is 5.32 Å². The zero-order valence-electron chi connectivity index (χ0n) is 11.1. The monoisotopic (exact) mass is 297 g/mol. The molecule has 1 N–H and O–H groups in total. The Kier molecular flexibility index (Phi) is 6.87. The van der Waals surface area contributed by atoms with Gasteiger partial charge in [-0.3, -0.25) is 0 Å². The molecule has 2 atom stereocenters. The molecule has 0 spiro atoms.